The Morgan fingerprint density at radius 2 is 1.77 bits per heavy atom. The van der Waals surface area contributed by atoms with Crippen molar-refractivity contribution in [2.75, 3.05) is 11.5 Å². The molecular formula is C27H23Cl2NO3S2. The molecule has 3 aromatic carbocycles. The highest BCUT2D eigenvalue weighted by molar-refractivity contribution is 8.27. The highest BCUT2D eigenvalue weighted by Crippen LogP contribution is 2.38. The second kappa shape index (κ2) is 11.0. The molecule has 0 aliphatic carbocycles. The van der Waals surface area contributed by atoms with E-state index in [1.807, 2.05) is 69.3 Å². The van der Waals surface area contributed by atoms with E-state index in [1.54, 1.807) is 17.0 Å². The fourth-order valence-electron chi connectivity index (χ4n) is 3.68. The number of rotatable bonds is 7. The van der Waals surface area contributed by atoms with Gasteiger partial charge < -0.3 is 9.47 Å². The minimum absolute atomic E-state index is 0.134. The van der Waals surface area contributed by atoms with Crippen LogP contribution in [0.5, 0.6) is 11.5 Å². The third kappa shape index (κ3) is 5.84. The molecule has 0 bridgehead atoms. The van der Waals surface area contributed by atoms with Crippen molar-refractivity contribution in [1.82, 2.24) is 0 Å². The molecule has 1 aliphatic heterocycles. The second-order valence-corrected chi connectivity index (χ2v) is 10.5. The number of nitrogens with zero attached hydrogens (tertiary/aromatic N) is 1. The van der Waals surface area contributed by atoms with E-state index in [4.69, 9.17) is 44.9 Å². The maximum atomic E-state index is 13.2. The van der Waals surface area contributed by atoms with Crippen molar-refractivity contribution in [2.24, 2.45) is 0 Å². The van der Waals surface area contributed by atoms with Gasteiger partial charge in [-0.3, -0.25) is 9.69 Å². The summed E-state index contributed by atoms with van der Waals surface area (Å²) in [7, 11) is 0. The van der Waals surface area contributed by atoms with Gasteiger partial charge in [0.1, 0.15) is 6.61 Å². The molecule has 0 radical (unpaired) electrons. The molecule has 4 nitrogen and oxygen atoms in total. The van der Waals surface area contributed by atoms with Crippen LogP contribution in [-0.4, -0.2) is 16.8 Å². The summed E-state index contributed by atoms with van der Waals surface area (Å²) in [6.07, 6.45) is 1.83. The van der Waals surface area contributed by atoms with Gasteiger partial charge in [-0.2, -0.15) is 0 Å². The smallest absolute Gasteiger partial charge is 0.270 e. The summed E-state index contributed by atoms with van der Waals surface area (Å²) >= 11 is 18.9. The first-order valence-electron chi connectivity index (χ1n) is 11.0. The average molecular weight is 545 g/mol. The highest BCUT2D eigenvalue weighted by atomic mass is 35.5. The van der Waals surface area contributed by atoms with Gasteiger partial charge in [-0.05, 0) is 73.9 Å². The Kier molecular flexibility index (Phi) is 8.07. The van der Waals surface area contributed by atoms with Crippen LogP contribution in [0.25, 0.3) is 6.08 Å². The molecule has 1 saturated heterocycles. The molecule has 0 aromatic heterocycles. The monoisotopic (exact) mass is 543 g/mol. The molecule has 8 heteroatoms. The Labute approximate surface area is 224 Å². The topological polar surface area (TPSA) is 38.8 Å². The molecule has 3 aromatic rings. The number of thiocarbonyl (C=S) groups is 1. The van der Waals surface area contributed by atoms with Crippen LogP contribution in [0, 0.1) is 13.8 Å². The van der Waals surface area contributed by atoms with E-state index in [2.05, 4.69) is 0 Å². The van der Waals surface area contributed by atoms with Crippen LogP contribution in [0.2, 0.25) is 10.0 Å². The Hall–Kier alpha value is -2.51. The van der Waals surface area contributed by atoms with E-state index in [1.165, 1.54) is 11.8 Å². The lowest BCUT2D eigenvalue weighted by Gasteiger charge is -2.17. The van der Waals surface area contributed by atoms with Gasteiger partial charge in [0.15, 0.2) is 15.8 Å². The van der Waals surface area contributed by atoms with Crippen LogP contribution in [0.1, 0.15) is 29.2 Å². The normalized spacial score (nSPS) is 14.7. The summed E-state index contributed by atoms with van der Waals surface area (Å²) in [6.45, 7) is 6.70. The summed E-state index contributed by atoms with van der Waals surface area (Å²) in [4.78, 5) is 15.4. The van der Waals surface area contributed by atoms with Gasteiger partial charge in [0, 0.05) is 0 Å². The molecule has 180 valence electrons. The largest absolute Gasteiger partial charge is 0.490 e. The van der Waals surface area contributed by atoms with Gasteiger partial charge in [0.25, 0.3) is 5.91 Å². The number of aryl methyl sites for hydroxylation is 2. The maximum absolute atomic E-state index is 13.2. The number of hydrogen-bond donors (Lipinski definition) is 0. The molecule has 1 aliphatic rings. The molecule has 1 amide bonds. The fourth-order valence-corrected chi connectivity index (χ4v) is 5.28. The number of carbonyl (C=O) groups excluding carboxylic acids is 1. The molecule has 1 fully saturated rings. The maximum Gasteiger partial charge on any atom is 0.270 e. The highest BCUT2D eigenvalue weighted by Gasteiger charge is 2.34. The molecule has 0 unspecified atom stereocenters. The number of thioether (sulfide) groups is 1. The first kappa shape index (κ1) is 25.6. The third-order valence-corrected chi connectivity index (χ3v) is 7.37. The zero-order chi connectivity index (χ0) is 25.1. The van der Waals surface area contributed by atoms with Gasteiger partial charge in [-0.25, -0.2) is 0 Å². The van der Waals surface area contributed by atoms with E-state index < -0.39 is 0 Å². The first-order valence-corrected chi connectivity index (χ1v) is 12.9. The van der Waals surface area contributed by atoms with E-state index >= 15 is 0 Å². The van der Waals surface area contributed by atoms with Crippen LogP contribution >= 0.6 is 47.2 Å². The van der Waals surface area contributed by atoms with E-state index in [0.717, 1.165) is 27.9 Å². The van der Waals surface area contributed by atoms with Crippen LogP contribution < -0.4 is 14.4 Å². The minimum atomic E-state index is -0.134. The van der Waals surface area contributed by atoms with Crippen LogP contribution in [0.3, 0.4) is 0 Å². The molecule has 1 heterocycles. The lowest BCUT2D eigenvalue weighted by molar-refractivity contribution is -0.113. The summed E-state index contributed by atoms with van der Waals surface area (Å²) < 4.78 is 12.3. The number of carbonyl (C=O) groups is 1. The summed E-state index contributed by atoms with van der Waals surface area (Å²) in [5.41, 5.74) is 4.65. The summed E-state index contributed by atoms with van der Waals surface area (Å²) in [6, 6.07) is 16.9. The quantitative estimate of drug-likeness (QED) is 0.223. The van der Waals surface area contributed by atoms with E-state index in [9.17, 15) is 4.79 Å². The SMILES string of the molecule is CCOc1cc(/C=C2\SC(=S)N(c3ccc(C)cc3C)C2=O)ccc1OCc1ccc(Cl)c(Cl)c1. The third-order valence-electron chi connectivity index (χ3n) is 5.33. The molecule has 0 saturated carbocycles. The first-order chi connectivity index (χ1) is 16.8. The number of anilines is 1. The molecule has 0 spiro atoms. The van der Waals surface area contributed by atoms with Crippen LogP contribution in [-0.2, 0) is 11.4 Å². The predicted molar refractivity (Wildman–Crippen MR) is 150 cm³/mol. The van der Waals surface area contributed by atoms with Gasteiger partial charge in [0.2, 0.25) is 0 Å². The Morgan fingerprint density at radius 1 is 0.971 bits per heavy atom. The number of ether oxygens (including phenoxy) is 2. The van der Waals surface area contributed by atoms with Gasteiger partial charge in [0.05, 0.1) is 27.2 Å². The summed E-state index contributed by atoms with van der Waals surface area (Å²) in [5, 5.41) is 0.976. The molecular weight excluding hydrogens is 521 g/mol. The molecule has 0 atom stereocenters. The van der Waals surface area contributed by atoms with Gasteiger partial charge in [-0.1, -0.05) is 77.0 Å². The van der Waals surface area contributed by atoms with Crippen molar-refractivity contribution in [3.63, 3.8) is 0 Å². The van der Waals surface area contributed by atoms with E-state index in [-0.39, 0.29) is 5.91 Å². The Bertz CT molecular complexity index is 1340. The molecule has 35 heavy (non-hydrogen) atoms. The lowest BCUT2D eigenvalue weighted by Crippen LogP contribution is -2.28. The number of hydrogen-bond acceptors (Lipinski definition) is 5. The zero-order valence-electron chi connectivity index (χ0n) is 19.4. The number of benzene rings is 3. The van der Waals surface area contributed by atoms with Gasteiger partial charge in [-0.15, -0.1) is 0 Å². The van der Waals surface area contributed by atoms with Crippen molar-refractivity contribution in [2.45, 2.75) is 27.4 Å². The Morgan fingerprint density at radius 3 is 2.49 bits per heavy atom. The number of amides is 1. The van der Waals surface area contributed by atoms with E-state index in [0.29, 0.717) is 44.0 Å². The molecule has 4 rings (SSSR count). The zero-order valence-corrected chi connectivity index (χ0v) is 22.6. The van der Waals surface area contributed by atoms with Crippen molar-refractivity contribution in [3.05, 3.63) is 91.8 Å². The molecule has 0 N–H and O–H groups in total. The van der Waals surface area contributed by atoms with Crippen molar-refractivity contribution in [1.29, 1.82) is 0 Å². The predicted octanol–water partition coefficient (Wildman–Crippen LogP) is 7.99. The van der Waals surface area contributed by atoms with Gasteiger partial charge >= 0.3 is 0 Å². The van der Waals surface area contributed by atoms with Crippen LogP contribution in [0.4, 0.5) is 5.69 Å². The van der Waals surface area contributed by atoms with Crippen molar-refractivity contribution < 1.29 is 14.3 Å². The van der Waals surface area contributed by atoms with Crippen LogP contribution in [0.15, 0.2) is 59.5 Å². The van der Waals surface area contributed by atoms with Crippen molar-refractivity contribution >= 4 is 69.2 Å². The average Bonchev–Trinajstić information content (AvgIpc) is 3.08. The lowest BCUT2D eigenvalue weighted by atomic mass is 10.1. The standard InChI is InChI=1S/C27H23Cl2NO3S2/c1-4-32-24-13-18(7-10-23(24)33-15-19-6-8-20(28)21(29)12-19)14-25-26(31)30(27(34)35-25)22-9-5-16(2)11-17(22)3/h5-14H,4,15H2,1-3H3/b25-14-. The second-order valence-electron chi connectivity index (χ2n) is 7.98. The summed E-state index contributed by atoms with van der Waals surface area (Å²) in [5.74, 6) is 1.05. The van der Waals surface area contributed by atoms with Crippen molar-refractivity contribution in [3.8, 4) is 11.5 Å². The Balaban J connectivity index is 1.56. The minimum Gasteiger partial charge on any atom is -0.490 e. The number of halogens is 2. The fraction of sp³-hybridized carbons (Fsp3) is 0.185.